The number of allylic oxidation sites excluding steroid dienone is 8. The largest absolute Gasteiger partial charge is 0.462 e. The Morgan fingerprint density at radius 1 is 0.274 bits per heavy atom. The molecule has 426 valence electrons. The molecule has 0 aliphatic heterocycles. The summed E-state index contributed by atoms with van der Waals surface area (Å²) in [5.41, 5.74) is 0. The summed E-state index contributed by atoms with van der Waals surface area (Å²) >= 11 is 0. The molecule has 6 heteroatoms. The van der Waals surface area contributed by atoms with Crippen LogP contribution in [0.2, 0.25) is 0 Å². The van der Waals surface area contributed by atoms with E-state index in [1.54, 1.807) is 0 Å². The first kappa shape index (κ1) is 70.4. The lowest BCUT2D eigenvalue weighted by atomic mass is 10.0. The van der Waals surface area contributed by atoms with Gasteiger partial charge in [-0.3, -0.25) is 14.4 Å². The summed E-state index contributed by atoms with van der Waals surface area (Å²) in [7, 11) is 0. The lowest BCUT2D eigenvalue weighted by Crippen LogP contribution is -2.30. The standard InChI is InChI=1S/C67H122O6/c1-4-7-10-13-16-19-22-24-25-26-27-28-29-30-31-32-33-34-35-36-37-38-39-40-41-42-43-44-46-48-51-54-57-60-66(69)72-63-64(62-71-65(68)59-56-53-50-47-21-18-15-12-9-6-3)73-67(70)61-58-55-52-49-45-23-20-17-14-11-8-5-2/h17,20,22,24,26-27,29-30,64H,4-16,18-19,21,23,25,28,31-63H2,1-3H3/b20-17-,24-22-,27-26-,30-29-. The Hall–Kier alpha value is -2.63. The molecule has 0 bridgehead atoms. The van der Waals surface area contributed by atoms with Crippen molar-refractivity contribution >= 4 is 17.9 Å². The van der Waals surface area contributed by atoms with Gasteiger partial charge in [-0.25, -0.2) is 0 Å². The van der Waals surface area contributed by atoms with Crippen molar-refractivity contribution in [2.24, 2.45) is 0 Å². The molecule has 0 fully saturated rings. The highest BCUT2D eigenvalue weighted by molar-refractivity contribution is 5.71. The average Bonchev–Trinajstić information content (AvgIpc) is 3.39. The van der Waals surface area contributed by atoms with Crippen molar-refractivity contribution in [3.8, 4) is 0 Å². The van der Waals surface area contributed by atoms with Crippen LogP contribution in [-0.2, 0) is 28.6 Å². The van der Waals surface area contributed by atoms with E-state index < -0.39 is 6.10 Å². The topological polar surface area (TPSA) is 78.9 Å². The molecule has 0 heterocycles. The van der Waals surface area contributed by atoms with Crippen LogP contribution in [0.5, 0.6) is 0 Å². The van der Waals surface area contributed by atoms with Crippen LogP contribution in [0.1, 0.15) is 342 Å². The van der Waals surface area contributed by atoms with Gasteiger partial charge in [0.2, 0.25) is 0 Å². The van der Waals surface area contributed by atoms with Gasteiger partial charge >= 0.3 is 17.9 Å². The highest BCUT2D eigenvalue weighted by Crippen LogP contribution is 2.17. The summed E-state index contributed by atoms with van der Waals surface area (Å²) in [6.45, 7) is 6.62. The molecule has 1 atom stereocenters. The minimum atomic E-state index is -0.772. The molecule has 0 rings (SSSR count). The van der Waals surface area contributed by atoms with Gasteiger partial charge in [-0.1, -0.05) is 288 Å². The third kappa shape index (κ3) is 60.1. The molecule has 6 nitrogen and oxygen atoms in total. The van der Waals surface area contributed by atoms with Gasteiger partial charge in [0, 0.05) is 19.3 Å². The Bertz CT molecular complexity index is 1270. The van der Waals surface area contributed by atoms with Crippen LogP contribution >= 0.6 is 0 Å². The molecule has 0 aliphatic carbocycles. The molecule has 73 heavy (non-hydrogen) atoms. The Morgan fingerprint density at radius 2 is 0.493 bits per heavy atom. The van der Waals surface area contributed by atoms with Gasteiger partial charge in [-0.15, -0.1) is 0 Å². The predicted molar refractivity (Wildman–Crippen MR) is 316 cm³/mol. The van der Waals surface area contributed by atoms with Crippen molar-refractivity contribution in [2.75, 3.05) is 13.2 Å². The van der Waals surface area contributed by atoms with E-state index in [0.29, 0.717) is 19.3 Å². The Morgan fingerprint density at radius 3 is 0.808 bits per heavy atom. The second kappa shape index (κ2) is 61.9. The van der Waals surface area contributed by atoms with Crippen LogP contribution in [0.4, 0.5) is 0 Å². The maximum atomic E-state index is 12.8. The molecule has 0 saturated carbocycles. The van der Waals surface area contributed by atoms with Crippen LogP contribution in [0.25, 0.3) is 0 Å². The van der Waals surface area contributed by atoms with Crippen molar-refractivity contribution in [3.63, 3.8) is 0 Å². The van der Waals surface area contributed by atoms with Crippen LogP contribution in [0, 0.1) is 0 Å². The third-order valence-electron chi connectivity index (χ3n) is 14.3. The van der Waals surface area contributed by atoms with Gasteiger partial charge in [0.1, 0.15) is 13.2 Å². The third-order valence-corrected chi connectivity index (χ3v) is 14.3. The average molecular weight is 1020 g/mol. The highest BCUT2D eigenvalue weighted by Gasteiger charge is 2.19. The highest BCUT2D eigenvalue weighted by atomic mass is 16.6. The zero-order valence-electron chi connectivity index (χ0n) is 48.9. The zero-order valence-corrected chi connectivity index (χ0v) is 48.9. The van der Waals surface area contributed by atoms with Gasteiger partial charge < -0.3 is 14.2 Å². The number of ether oxygens (including phenoxy) is 3. The van der Waals surface area contributed by atoms with Gasteiger partial charge in [-0.2, -0.15) is 0 Å². The molecule has 0 amide bonds. The van der Waals surface area contributed by atoms with E-state index in [2.05, 4.69) is 69.4 Å². The minimum Gasteiger partial charge on any atom is -0.462 e. The first-order valence-corrected chi connectivity index (χ1v) is 32.1. The van der Waals surface area contributed by atoms with Gasteiger partial charge in [0.15, 0.2) is 6.10 Å². The smallest absolute Gasteiger partial charge is 0.306 e. The molecule has 0 aliphatic rings. The number of rotatable bonds is 59. The van der Waals surface area contributed by atoms with E-state index in [0.717, 1.165) is 77.0 Å². The SMILES string of the molecule is CCCCC/C=C\CCCCCCCC(=O)OC(COC(=O)CCCCCCCCCCCC)COC(=O)CCCCCCCCCCCCCCCCCCCC/C=C\C/C=C\C/C=C\CCCCCCC. The van der Waals surface area contributed by atoms with Crippen LogP contribution < -0.4 is 0 Å². The maximum Gasteiger partial charge on any atom is 0.306 e. The Labute approximate surface area is 454 Å². The van der Waals surface area contributed by atoms with Crippen LogP contribution in [0.3, 0.4) is 0 Å². The lowest BCUT2D eigenvalue weighted by Gasteiger charge is -2.18. The zero-order chi connectivity index (χ0) is 52.9. The number of hydrogen-bond donors (Lipinski definition) is 0. The van der Waals surface area contributed by atoms with Crippen LogP contribution in [0.15, 0.2) is 48.6 Å². The van der Waals surface area contributed by atoms with Crippen molar-refractivity contribution in [2.45, 2.75) is 348 Å². The molecular weight excluding hydrogens is 901 g/mol. The normalized spacial score (nSPS) is 12.3. The molecule has 0 aromatic heterocycles. The van der Waals surface area contributed by atoms with Gasteiger partial charge in [0.25, 0.3) is 0 Å². The second-order valence-electron chi connectivity index (χ2n) is 21.7. The molecule has 0 spiro atoms. The van der Waals surface area contributed by atoms with Crippen molar-refractivity contribution in [1.29, 1.82) is 0 Å². The summed E-state index contributed by atoms with van der Waals surface area (Å²) in [6, 6.07) is 0. The lowest BCUT2D eigenvalue weighted by molar-refractivity contribution is -0.167. The van der Waals surface area contributed by atoms with Gasteiger partial charge in [0.05, 0.1) is 0 Å². The summed E-state index contributed by atoms with van der Waals surface area (Å²) in [6.07, 6.45) is 77.2. The Kier molecular flexibility index (Phi) is 59.7. The molecule has 0 aromatic carbocycles. The fraction of sp³-hybridized carbons (Fsp3) is 0.836. The van der Waals surface area contributed by atoms with E-state index in [4.69, 9.17) is 14.2 Å². The second-order valence-corrected chi connectivity index (χ2v) is 21.7. The number of hydrogen-bond acceptors (Lipinski definition) is 6. The van der Waals surface area contributed by atoms with Crippen molar-refractivity contribution in [1.82, 2.24) is 0 Å². The number of carbonyl (C=O) groups excluding carboxylic acids is 3. The van der Waals surface area contributed by atoms with E-state index >= 15 is 0 Å². The van der Waals surface area contributed by atoms with Crippen molar-refractivity contribution < 1.29 is 28.6 Å². The monoisotopic (exact) mass is 1020 g/mol. The fourth-order valence-corrected chi connectivity index (χ4v) is 9.45. The van der Waals surface area contributed by atoms with E-state index in [-0.39, 0.29) is 31.1 Å². The number of unbranched alkanes of at least 4 members (excludes halogenated alkanes) is 40. The molecule has 0 radical (unpaired) electrons. The quantitative estimate of drug-likeness (QED) is 0.0261. The van der Waals surface area contributed by atoms with Gasteiger partial charge in [-0.05, 0) is 83.5 Å². The number of carbonyl (C=O) groups is 3. The first-order valence-electron chi connectivity index (χ1n) is 32.1. The van der Waals surface area contributed by atoms with Crippen LogP contribution in [-0.4, -0.2) is 37.2 Å². The summed E-state index contributed by atoms with van der Waals surface area (Å²) < 4.78 is 16.8. The van der Waals surface area contributed by atoms with E-state index in [1.165, 1.54) is 225 Å². The molecule has 0 saturated heterocycles. The minimum absolute atomic E-state index is 0.0717. The first-order chi connectivity index (χ1) is 36.0. The molecule has 0 N–H and O–H groups in total. The summed E-state index contributed by atoms with van der Waals surface area (Å²) in [4.78, 5) is 38.1. The fourth-order valence-electron chi connectivity index (χ4n) is 9.45. The van der Waals surface area contributed by atoms with E-state index in [1.807, 2.05) is 0 Å². The predicted octanol–water partition coefficient (Wildman–Crippen LogP) is 21.8. The molecule has 1 unspecified atom stereocenters. The molecular formula is C67H122O6. The van der Waals surface area contributed by atoms with E-state index in [9.17, 15) is 14.4 Å². The van der Waals surface area contributed by atoms with Crippen molar-refractivity contribution in [3.05, 3.63) is 48.6 Å². The maximum absolute atomic E-state index is 12.8. The number of esters is 3. The summed E-state index contributed by atoms with van der Waals surface area (Å²) in [5, 5.41) is 0. The summed E-state index contributed by atoms with van der Waals surface area (Å²) in [5.74, 6) is -0.866. The molecule has 0 aromatic rings. The Balaban J connectivity index is 4.01.